The highest BCUT2D eigenvalue weighted by Crippen LogP contribution is 2.19. The molecule has 26 heavy (non-hydrogen) atoms. The second kappa shape index (κ2) is 9.20. The number of anilines is 2. The summed E-state index contributed by atoms with van der Waals surface area (Å²) in [6, 6.07) is 10.9. The molecule has 7 heteroatoms. The Balaban J connectivity index is 1.86. The molecule has 1 unspecified atom stereocenters. The third kappa shape index (κ3) is 5.74. The monoisotopic (exact) mass is 377 g/mol. The van der Waals surface area contributed by atoms with E-state index in [0.29, 0.717) is 16.9 Å². The minimum atomic E-state index is -0.515. The van der Waals surface area contributed by atoms with Gasteiger partial charge in [0, 0.05) is 23.0 Å². The molecule has 0 aromatic heterocycles. The molecule has 3 N–H and O–H groups in total. The predicted octanol–water partition coefficient (Wildman–Crippen LogP) is 4.06. The van der Waals surface area contributed by atoms with Crippen molar-refractivity contribution >= 4 is 34.8 Å². The van der Waals surface area contributed by atoms with E-state index in [2.05, 4.69) is 16.0 Å². The van der Waals surface area contributed by atoms with Crippen LogP contribution in [-0.2, 0) is 4.79 Å². The topological polar surface area (TPSA) is 70.2 Å². The Bertz CT molecular complexity index is 781. The maximum Gasteiger partial charge on any atom is 0.251 e. The smallest absolute Gasteiger partial charge is 0.251 e. The first-order valence-electron chi connectivity index (χ1n) is 8.28. The van der Waals surface area contributed by atoms with Crippen molar-refractivity contribution in [1.82, 2.24) is 5.32 Å². The van der Waals surface area contributed by atoms with Crippen LogP contribution in [0.4, 0.5) is 15.8 Å². The van der Waals surface area contributed by atoms with Gasteiger partial charge in [0.2, 0.25) is 5.91 Å². The summed E-state index contributed by atoms with van der Waals surface area (Å²) in [5.41, 5.74) is 1.65. The molecule has 2 aromatic rings. The zero-order valence-electron chi connectivity index (χ0n) is 14.6. The Labute approximate surface area is 156 Å². The van der Waals surface area contributed by atoms with Crippen molar-refractivity contribution in [2.45, 2.75) is 26.3 Å². The minimum absolute atomic E-state index is 0.00177. The molecule has 0 fully saturated rings. The van der Waals surface area contributed by atoms with E-state index in [0.717, 1.165) is 6.42 Å². The molecule has 0 aliphatic heterocycles. The maximum atomic E-state index is 13.1. The largest absolute Gasteiger partial charge is 0.376 e. The predicted molar refractivity (Wildman–Crippen MR) is 102 cm³/mol. The van der Waals surface area contributed by atoms with E-state index in [9.17, 15) is 14.0 Å². The molecule has 0 saturated carbocycles. The van der Waals surface area contributed by atoms with Gasteiger partial charge in [-0.25, -0.2) is 4.39 Å². The van der Waals surface area contributed by atoms with E-state index >= 15 is 0 Å². The number of hydrogen-bond donors (Lipinski definition) is 3. The molecule has 0 spiro atoms. The van der Waals surface area contributed by atoms with E-state index in [4.69, 9.17) is 11.6 Å². The lowest BCUT2D eigenvalue weighted by molar-refractivity contribution is -0.114. The first-order valence-corrected chi connectivity index (χ1v) is 8.66. The van der Waals surface area contributed by atoms with Crippen LogP contribution in [0.15, 0.2) is 42.5 Å². The van der Waals surface area contributed by atoms with Crippen molar-refractivity contribution in [2.24, 2.45) is 0 Å². The summed E-state index contributed by atoms with van der Waals surface area (Å²) < 4.78 is 13.1. The van der Waals surface area contributed by atoms with Gasteiger partial charge in [-0.15, -0.1) is 0 Å². The summed E-state index contributed by atoms with van der Waals surface area (Å²) in [4.78, 5) is 24.0. The number of halogens is 2. The first-order chi connectivity index (χ1) is 12.4. The van der Waals surface area contributed by atoms with Gasteiger partial charge in [-0.2, -0.15) is 0 Å². The van der Waals surface area contributed by atoms with Crippen LogP contribution in [0, 0.1) is 5.82 Å². The molecule has 5 nitrogen and oxygen atoms in total. The molecule has 2 rings (SSSR count). The van der Waals surface area contributed by atoms with Crippen molar-refractivity contribution in [3.63, 3.8) is 0 Å². The molecular formula is C19H21ClFN3O2. The zero-order valence-corrected chi connectivity index (χ0v) is 15.4. The number of rotatable bonds is 7. The molecule has 138 valence electrons. The number of amides is 2. The van der Waals surface area contributed by atoms with Gasteiger partial charge in [0.25, 0.3) is 5.91 Å². The fourth-order valence-electron chi connectivity index (χ4n) is 2.11. The van der Waals surface area contributed by atoms with Crippen molar-refractivity contribution in [1.29, 1.82) is 0 Å². The molecule has 0 bridgehead atoms. The SMILES string of the molecule is CCC(C)NC(=O)c1ccc(NC(=O)CNc2ccc(F)c(Cl)c2)cc1. The molecule has 0 radical (unpaired) electrons. The lowest BCUT2D eigenvalue weighted by Gasteiger charge is -2.12. The van der Waals surface area contributed by atoms with Crippen LogP contribution in [0.5, 0.6) is 0 Å². The van der Waals surface area contributed by atoms with Gasteiger partial charge in [0.05, 0.1) is 11.6 Å². The fourth-order valence-corrected chi connectivity index (χ4v) is 2.29. The average Bonchev–Trinajstić information content (AvgIpc) is 2.63. The lowest BCUT2D eigenvalue weighted by atomic mass is 10.1. The molecule has 0 aliphatic rings. The number of carbonyl (C=O) groups is 2. The third-order valence-corrected chi connectivity index (χ3v) is 4.08. The molecule has 1 atom stereocenters. The summed E-state index contributed by atoms with van der Waals surface area (Å²) >= 11 is 5.69. The average molecular weight is 378 g/mol. The summed E-state index contributed by atoms with van der Waals surface area (Å²) in [6.07, 6.45) is 0.853. The summed E-state index contributed by atoms with van der Waals surface area (Å²) in [5.74, 6) is -0.937. The molecule has 2 amide bonds. The summed E-state index contributed by atoms with van der Waals surface area (Å²) in [5, 5.41) is 8.45. The normalized spacial score (nSPS) is 11.5. The highest BCUT2D eigenvalue weighted by molar-refractivity contribution is 6.31. The van der Waals surface area contributed by atoms with Crippen molar-refractivity contribution in [3.05, 3.63) is 58.9 Å². The Morgan fingerprint density at radius 1 is 1.12 bits per heavy atom. The van der Waals surface area contributed by atoms with Gasteiger partial charge in [-0.05, 0) is 55.8 Å². The first kappa shape index (κ1) is 19.7. The third-order valence-electron chi connectivity index (χ3n) is 3.79. The maximum absolute atomic E-state index is 13.1. The van der Waals surface area contributed by atoms with Gasteiger partial charge >= 0.3 is 0 Å². The number of nitrogens with one attached hydrogen (secondary N) is 3. The van der Waals surface area contributed by atoms with Crippen LogP contribution in [0.1, 0.15) is 30.6 Å². The second-order valence-corrected chi connectivity index (χ2v) is 6.30. The standard InChI is InChI=1S/C19H21ClFN3O2/c1-3-12(2)23-19(26)13-4-6-14(7-5-13)24-18(25)11-22-15-8-9-17(21)16(20)10-15/h4-10,12,22H,3,11H2,1-2H3,(H,23,26)(H,24,25). The van der Waals surface area contributed by atoms with Crippen LogP contribution < -0.4 is 16.0 Å². The Kier molecular flexibility index (Phi) is 6.97. The molecule has 0 saturated heterocycles. The molecular weight excluding hydrogens is 357 g/mol. The zero-order chi connectivity index (χ0) is 19.1. The van der Waals surface area contributed by atoms with Gasteiger partial charge in [-0.1, -0.05) is 18.5 Å². The van der Waals surface area contributed by atoms with Gasteiger partial charge < -0.3 is 16.0 Å². The quantitative estimate of drug-likeness (QED) is 0.681. The molecule has 2 aromatic carbocycles. The van der Waals surface area contributed by atoms with Crippen LogP contribution in [0.3, 0.4) is 0 Å². The van der Waals surface area contributed by atoms with Gasteiger partial charge in [-0.3, -0.25) is 9.59 Å². The Morgan fingerprint density at radius 3 is 2.38 bits per heavy atom. The summed E-state index contributed by atoms with van der Waals surface area (Å²) in [7, 11) is 0. The number of hydrogen-bond acceptors (Lipinski definition) is 3. The lowest BCUT2D eigenvalue weighted by Crippen LogP contribution is -2.31. The van der Waals surface area contributed by atoms with Crippen LogP contribution in [0.2, 0.25) is 5.02 Å². The van der Waals surface area contributed by atoms with E-state index < -0.39 is 5.82 Å². The minimum Gasteiger partial charge on any atom is -0.376 e. The van der Waals surface area contributed by atoms with Crippen molar-refractivity contribution < 1.29 is 14.0 Å². The Hall–Kier alpha value is -2.60. The van der Waals surface area contributed by atoms with E-state index in [1.54, 1.807) is 24.3 Å². The van der Waals surface area contributed by atoms with E-state index in [1.807, 2.05) is 13.8 Å². The van der Waals surface area contributed by atoms with E-state index in [-0.39, 0.29) is 29.4 Å². The number of carbonyl (C=O) groups excluding carboxylic acids is 2. The molecule has 0 aliphatic carbocycles. The van der Waals surface area contributed by atoms with E-state index in [1.165, 1.54) is 18.2 Å². The summed E-state index contributed by atoms with van der Waals surface area (Å²) in [6.45, 7) is 3.93. The van der Waals surface area contributed by atoms with Crippen LogP contribution in [-0.4, -0.2) is 24.4 Å². The van der Waals surface area contributed by atoms with Crippen LogP contribution >= 0.6 is 11.6 Å². The highest BCUT2D eigenvalue weighted by Gasteiger charge is 2.09. The van der Waals surface area contributed by atoms with Crippen LogP contribution in [0.25, 0.3) is 0 Å². The van der Waals surface area contributed by atoms with Gasteiger partial charge in [0.1, 0.15) is 5.82 Å². The van der Waals surface area contributed by atoms with Crippen molar-refractivity contribution in [3.8, 4) is 0 Å². The van der Waals surface area contributed by atoms with Crippen molar-refractivity contribution in [2.75, 3.05) is 17.2 Å². The Morgan fingerprint density at radius 2 is 1.77 bits per heavy atom. The number of benzene rings is 2. The second-order valence-electron chi connectivity index (χ2n) is 5.89. The highest BCUT2D eigenvalue weighted by atomic mass is 35.5. The fraction of sp³-hybridized carbons (Fsp3) is 0.263. The molecule has 0 heterocycles. The van der Waals surface area contributed by atoms with Gasteiger partial charge in [0.15, 0.2) is 0 Å².